The number of ketones is 1. The third-order valence-electron chi connectivity index (χ3n) is 1.95. The van der Waals surface area contributed by atoms with E-state index in [1.165, 1.54) is 6.20 Å². The molecule has 0 amide bonds. The fraction of sp³-hybridized carbons (Fsp3) is 0.538. The van der Waals surface area contributed by atoms with Crippen LogP contribution in [0.5, 0.6) is 5.75 Å². The van der Waals surface area contributed by atoms with Gasteiger partial charge in [-0.15, -0.1) is 0 Å². The van der Waals surface area contributed by atoms with Gasteiger partial charge in [-0.05, 0) is 33.8 Å². The molecule has 0 saturated carbocycles. The Bertz CT molecular complexity index is 375. The highest BCUT2D eigenvalue weighted by Gasteiger charge is 2.09. The summed E-state index contributed by atoms with van der Waals surface area (Å²) in [5.74, 6) is 0.524. The van der Waals surface area contributed by atoms with Crippen LogP contribution < -0.4 is 4.74 Å². The topological polar surface area (TPSA) is 48.4 Å². The molecule has 4 heteroatoms. The van der Waals surface area contributed by atoms with E-state index < -0.39 is 0 Å². The molecule has 94 valence electrons. The number of carbonyl (C=O) groups excluding carboxylic acids is 1. The van der Waals surface area contributed by atoms with Crippen molar-refractivity contribution < 1.29 is 14.3 Å². The van der Waals surface area contributed by atoms with E-state index in [1.54, 1.807) is 12.3 Å². The summed E-state index contributed by atoms with van der Waals surface area (Å²) in [5, 5.41) is 0. The summed E-state index contributed by atoms with van der Waals surface area (Å²) < 4.78 is 10.7. The number of pyridine rings is 1. The van der Waals surface area contributed by atoms with Crippen LogP contribution in [0.15, 0.2) is 18.5 Å². The van der Waals surface area contributed by atoms with Crippen molar-refractivity contribution in [2.45, 2.75) is 39.9 Å². The van der Waals surface area contributed by atoms with Crippen LogP contribution in [-0.4, -0.2) is 29.6 Å². The Morgan fingerprint density at radius 1 is 1.24 bits per heavy atom. The highest BCUT2D eigenvalue weighted by atomic mass is 16.5. The molecule has 1 heterocycles. The van der Waals surface area contributed by atoms with Gasteiger partial charge in [0, 0.05) is 11.8 Å². The van der Waals surface area contributed by atoms with E-state index in [-0.39, 0.29) is 24.6 Å². The van der Waals surface area contributed by atoms with Crippen LogP contribution in [0.2, 0.25) is 0 Å². The third kappa shape index (κ3) is 4.95. The van der Waals surface area contributed by atoms with Crippen LogP contribution in [0.1, 0.15) is 38.1 Å². The van der Waals surface area contributed by atoms with Gasteiger partial charge < -0.3 is 9.47 Å². The maximum atomic E-state index is 11.8. The Morgan fingerprint density at radius 2 is 1.94 bits per heavy atom. The normalized spacial score (nSPS) is 10.9. The fourth-order valence-electron chi connectivity index (χ4n) is 1.23. The number of hydrogen-bond acceptors (Lipinski definition) is 4. The van der Waals surface area contributed by atoms with Crippen molar-refractivity contribution in [1.29, 1.82) is 0 Å². The van der Waals surface area contributed by atoms with E-state index in [9.17, 15) is 4.79 Å². The van der Waals surface area contributed by atoms with Crippen molar-refractivity contribution in [1.82, 2.24) is 4.98 Å². The van der Waals surface area contributed by atoms with E-state index in [0.717, 1.165) is 0 Å². The number of ether oxygens (including phenoxy) is 2. The quantitative estimate of drug-likeness (QED) is 0.713. The van der Waals surface area contributed by atoms with E-state index in [1.807, 2.05) is 27.7 Å². The van der Waals surface area contributed by atoms with Gasteiger partial charge in [0.2, 0.25) is 0 Å². The monoisotopic (exact) mass is 237 g/mol. The molecule has 0 bridgehead atoms. The second kappa shape index (κ2) is 6.35. The summed E-state index contributed by atoms with van der Waals surface area (Å²) in [5.41, 5.74) is 0.517. The first-order chi connectivity index (χ1) is 7.99. The van der Waals surface area contributed by atoms with E-state index in [0.29, 0.717) is 11.3 Å². The first-order valence-electron chi connectivity index (χ1n) is 5.75. The molecule has 4 nitrogen and oxygen atoms in total. The van der Waals surface area contributed by atoms with Gasteiger partial charge in [0.15, 0.2) is 5.78 Å². The van der Waals surface area contributed by atoms with E-state index in [2.05, 4.69) is 4.98 Å². The number of nitrogens with zero attached hydrogens (tertiary/aromatic N) is 1. The number of hydrogen-bond donors (Lipinski definition) is 0. The molecule has 1 aromatic heterocycles. The van der Waals surface area contributed by atoms with Gasteiger partial charge in [-0.1, -0.05) is 0 Å². The van der Waals surface area contributed by atoms with Gasteiger partial charge in [-0.25, -0.2) is 0 Å². The molecule has 0 aliphatic carbocycles. The second-order valence-corrected chi connectivity index (χ2v) is 4.36. The minimum atomic E-state index is -0.0830. The average molecular weight is 237 g/mol. The molecule has 0 aliphatic heterocycles. The maximum Gasteiger partial charge on any atom is 0.190 e. The Hall–Kier alpha value is -1.42. The smallest absolute Gasteiger partial charge is 0.190 e. The van der Waals surface area contributed by atoms with Gasteiger partial charge in [0.05, 0.1) is 18.4 Å². The van der Waals surface area contributed by atoms with Crippen molar-refractivity contribution in [3.05, 3.63) is 24.0 Å². The molecule has 0 aliphatic rings. The molecule has 0 radical (unpaired) electrons. The van der Waals surface area contributed by atoms with Gasteiger partial charge in [-0.2, -0.15) is 0 Å². The summed E-state index contributed by atoms with van der Waals surface area (Å²) in [6.07, 6.45) is 3.23. The molecule has 0 saturated heterocycles. The van der Waals surface area contributed by atoms with E-state index >= 15 is 0 Å². The number of rotatable bonds is 6. The summed E-state index contributed by atoms with van der Waals surface area (Å²) in [6.45, 7) is 7.71. The van der Waals surface area contributed by atoms with Crippen LogP contribution in [-0.2, 0) is 4.74 Å². The zero-order chi connectivity index (χ0) is 12.8. The second-order valence-electron chi connectivity index (χ2n) is 4.36. The molecule has 1 aromatic rings. The zero-order valence-electron chi connectivity index (χ0n) is 10.8. The highest BCUT2D eigenvalue weighted by molar-refractivity contribution is 5.97. The van der Waals surface area contributed by atoms with Crippen molar-refractivity contribution in [3.63, 3.8) is 0 Å². The predicted molar refractivity (Wildman–Crippen MR) is 65.4 cm³/mol. The molecule has 0 atom stereocenters. The Morgan fingerprint density at radius 3 is 2.53 bits per heavy atom. The zero-order valence-corrected chi connectivity index (χ0v) is 10.8. The summed E-state index contributed by atoms with van der Waals surface area (Å²) in [4.78, 5) is 15.8. The van der Waals surface area contributed by atoms with Crippen LogP contribution in [0.25, 0.3) is 0 Å². The van der Waals surface area contributed by atoms with Crippen molar-refractivity contribution in [2.24, 2.45) is 0 Å². The van der Waals surface area contributed by atoms with Crippen molar-refractivity contribution in [2.75, 3.05) is 6.61 Å². The van der Waals surface area contributed by atoms with Gasteiger partial charge >= 0.3 is 0 Å². The molecule has 0 aromatic carbocycles. The van der Waals surface area contributed by atoms with Gasteiger partial charge in [-0.3, -0.25) is 9.78 Å². The lowest BCUT2D eigenvalue weighted by Gasteiger charge is -2.10. The maximum absolute atomic E-state index is 11.8. The fourth-order valence-corrected chi connectivity index (χ4v) is 1.23. The lowest BCUT2D eigenvalue weighted by molar-refractivity contribution is 0.0584. The van der Waals surface area contributed by atoms with E-state index in [4.69, 9.17) is 9.47 Å². The molecule has 0 spiro atoms. The predicted octanol–water partition coefficient (Wildman–Crippen LogP) is 2.48. The van der Waals surface area contributed by atoms with Gasteiger partial charge in [0.1, 0.15) is 12.4 Å². The molecule has 0 unspecified atom stereocenters. The average Bonchev–Trinajstić information content (AvgIpc) is 2.25. The SMILES string of the molecule is CC(C)OCC(=O)c1cncc(OC(C)C)c1. The number of carbonyl (C=O) groups is 1. The third-order valence-corrected chi connectivity index (χ3v) is 1.95. The van der Waals surface area contributed by atoms with Crippen LogP contribution in [0.3, 0.4) is 0 Å². The summed E-state index contributed by atoms with van der Waals surface area (Å²) in [6, 6.07) is 1.69. The Labute approximate surface area is 102 Å². The largest absolute Gasteiger partial charge is 0.489 e. The first kappa shape index (κ1) is 13.6. The molecular formula is C13H19NO3. The number of Topliss-reactive ketones (excluding diaryl/α,β-unsaturated/α-hetero) is 1. The molecule has 1 rings (SSSR count). The van der Waals surface area contributed by atoms with Crippen molar-refractivity contribution >= 4 is 5.78 Å². The minimum absolute atomic E-state index is 0.0435. The lowest BCUT2D eigenvalue weighted by atomic mass is 10.2. The molecule has 0 fully saturated rings. The molecule has 17 heavy (non-hydrogen) atoms. The van der Waals surface area contributed by atoms with Crippen LogP contribution in [0.4, 0.5) is 0 Å². The Kier molecular flexibility index (Phi) is 5.10. The number of aromatic nitrogens is 1. The minimum Gasteiger partial charge on any atom is -0.489 e. The van der Waals surface area contributed by atoms with Crippen LogP contribution >= 0.6 is 0 Å². The Balaban J connectivity index is 2.67. The standard InChI is InChI=1S/C13H19NO3/c1-9(2)16-8-13(15)11-5-12(7-14-6-11)17-10(3)4/h5-7,9-10H,8H2,1-4H3. The lowest BCUT2D eigenvalue weighted by Crippen LogP contribution is -2.14. The molecular weight excluding hydrogens is 218 g/mol. The van der Waals surface area contributed by atoms with Crippen molar-refractivity contribution in [3.8, 4) is 5.75 Å². The highest BCUT2D eigenvalue weighted by Crippen LogP contribution is 2.13. The first-order valence-corrected chi connectivity index (χ1v) is 5.75. The summed E-state index contributed by atoms with van der Waals surface area (Å²) >= 11 is 0. The van der Waals surface area contributed by atoms with Gasteiger partial charge in [0.25, 0.3) is 0 Å². The molecule has 0 N–H and O–H groups in total. The van der Waals surface area contributed by atoms with Crippen LogP contribution in [0, 0.1) is 0 Å². The summed E-state index contributed by atoms with van der Waals surface area (Å²) in [7, 11) is 0.